The Hall–Kier alpha value is -1.46. The highest BCUT2D eigenvalue weighted by atomic mass is 19.1. The average molecular weight is 295 g/mol. The van der Waals surface area contributed by atoms with Crippen molar-refractivity contribution in [2.75, 3.05) is 7.11 Å². The quantitative estimate of drug-likeness (QED) is 0.871. The van der Waals surface area contributed by atoms with Crippen LogP contribution < -0.4 is 5.32 Å². The fraction of sp³-hybridized carbons (Fsp3) is 0.562. The number of methoxy groups -OCH3 is 1. The summed E-state index contributed by atoms with van der Waals surface area (Å²) in [6.07, 6.45) is 2.54. The number of rotatable bonds is 5. The zero-order valence-electron chi connectivity index (χ0n) is 12.2. The van der Waals surface area contributed by atoms with Gasteiger partial charge in [-0.1, -0.05) is 12.1 Å². The molecule has 0 spiro atoms. The van der Waals surface area contributed by atoms with Gasteiger partial charge >= 0.3 is 0 Å². The van der Waals surface area contributed by atoms with E-state index in [9.17, 15) is 14.3 Å². The summed E-state index contributed by atoms with van der Waals surface area (Å²) in [4.78, 5) is 12.0. The average Bonchev–Trinajstić information content (AvgIpc) is 2.49. The van der Waals surface area contributed by atoms with Gasteiger partial charge < -0.3 is 15.2 Å². The first-order chi connectivity index (χ1) is 10.1. The smallest absolute Gasteiger partial charge is 0.220 e. The number of aryl methyl sites for hydroxylation is 1. The Kier molecular flexibility index (Phi) is 5.70. The van der Waals surface area contributed by atoms with E-state index in [4.69, 9.17) is 4.74 Å². The molecule has 116 valence electrons. The van der Waals surface area contributed by atoms with E-state index in [1.807, 2.05) is 0 Å². The molecule has 0 saturated heterocycles. The molecule has 2 rings (SSSR count). The van der Waals surface area contributed by atoms with Crippen LogP contribution in [0.1, 0.15) is 31.2 Å². The zero-order valence-corrected chi connectivity index (χ0v) is 12.2. The predicted octanol–water partition coefficient (Wildman–Crippen LogP) is 1.80. The van der Waals surface area contributed by atoms with Crippen molar-refractivity contribution in [3.05, 3.63) is 35.6 Å². The van der Waals surface area contributed by atoms with Crippen molar-refractivity contribution in [2.45, 2.75) is 50.4 Å². The van der Waals surface area contributed by atoms with Gasteiger partial charge in [0.15, 0.2) is 0 Å². The number of aliphatic hydroxyl groups is 1. The first-order valence-electron chi connectivity index (χ1n) is 7.35. The molecule has 2 N–H and O–H groups in total. The summed E-state index contributed by atoms with van der Waals surface area (Å²) in [5, 5.41) is 13.0. The molecule has 0 unspecified atom stereocenters. The van der Waals surface area contributed by atoms with Crippen molar-refractivity contribution in [2.24, 2.45) is 0 Å². The molecule has 1 fully saturated rings. The number of carbonyl (C=O) groups is 1. The summed E-state index contributed by atoms with van der Waals surface area (Å²) in [5.41, 5.74) is 0.922. The monoisotopic (exact) mass is 295 g/mol. The molecule has 1 aliphatic carbocycles. The zero-order chi connectivity index (χ0) is 15.2. The molecule has 1 amide bonds. The Morgan fingerprint density at radius 2 is 2.10 bits per heavy atom. The van der Waals surface area contributed by atoms with Crippen molar-refractivity contribution >= 4 is 5.91 Å². The molecule has 0 radical (unpaired) electrons. The molecule has 1 aromatic carbocycles. The van der Waals surface area contributed by atoms with E-state index >= 15 is 0 Å². The lowest BCUT2D eigenvalue weighted by atomic mass is 9.89. The molecule has 5 heteroatoms. The Morgan fingerprint density at radius 3 is 2.76 bits per heavy atom. The molecule has 0 heterocycles. The Bertz CT molecular complexity index is 463. The number of hydrogen-bond donors (Lipinski definition) is 2. The second kappa shape index (κ2) is 7.52. The van der Waals surface area contributed by atoms with Crippen LogP contribution in [0.5, 0.6) is 0 Å². The molecule has 0 bridgehead atoms. The molecular formula is C16H22FNO3. The molecule has 1 saturated carbocycles. The minimum atomic E-state index is -0.654. The SMILES string of the molecule is CO[C@@H]1CCC[C@@H](NC(=O)CCc2ccc(F)cc2)[C@H]1O. The van der Waals surface area contributed by atoms with Crippen LogP contribution in [-0.4, -0.2) is 36.4 Å². The number of amides is 1. The molecule has 0 aliphatic heterocycles. The van der Waals surface area contributed by atoms with Gasteiger partial charge in [0.2, 0.25) is 5.91 Å². The first-order valence-corrected chi connectivity index (χ1v) is 7.35. The van der Waals surface area contributed by atoms with Gasteiger partial charge in [-0.2, -0.15) is 0 Å². The summed E-state index contributed by atoms with van der Waals surface area (Å²) in [5.74, 6) is -0.376. The normalized spacial score (nSPS) is 25.6. The van der Waals surface area contributed by atoms with Crippen LogP contribution in [0.15, 0.2) is 24.3 Å². The predicted molar refractivity (Wildman–Crippen MR) is 77.3 cm³/mol. The highest BCUT2D eigenvalue weighted by molar-refractivity contribution is 5.76. The number of benzene rings is 1. The van der Waals surface area contributed by atoms with E-state index in [2.05, 4.69) is 5.32 Å². The maximum atomic E-state index is 12.8. The van der Waals surface area contributed by atoms with Crippen LogP contribution >= 0.6 is 0 Å². The number of ether oxygens (including phenoxy) is 1. The maximum Gasteiger partial charge on any atom is 0.220 e. The van der Waals surface area contributed by atoms with Crippen molar-refractivity contribution < 1.29 is 19.0 Å². The third-order valence-electron chi connectivity index (χ3n) is 4.00. The van der Waals surface area contributed by atoms with Crippen LogP contribution in [0, 0.1) is 5.82 Å². The van der Waals surface area contributed by atoms with E-state index < -0.39 is 6.10 Å². The van der Waals surface area contributed by atoms with Crippen LogP contribution in [0.2, 0.25) is 0 Å². The highest BCUT2D eigenvalue weighted by Gasteiger charge is 2.32. The molecule has 4 nitrogen and oxygen atoms in total. The van der Waals surface area contributed by atoms with Gasteiger partial charge in [0.1, 0.15) is 11.9 Å². The van der Waals surface area contributed by atoms with Gasteiger partial charge in [-0.05, 0) is 43.4 Å². The van der Waals surface area contributed by atoms with Gasteiger partial charge in [-0.25, -0.2) is 4.39 Å². The summed E-state index contributed by atoms with van der Waals surface area (Å²) >= 11 is 0. The third-order valence-corrected chi connectivity index (χ3v) is 4.00. The molecule has 0 aromatic heterocycles. The summed E-state index contributed by atoms with van der Waals surface area (Å²) in [6.45, 7) is 0. The minimum Gasteiger partial charge on any atom is -0.388 e. The largest absolute Gasteiger partial charge is 0.388 e. The van der Waals surface area contributed by atoms with Crippen LogP contribution in [-0.2, 0) is 16.0 Å². The van der Waals surface area contributed by atoms with Crippen molar-refractivity contribution in [1.29, 1.82) is 0 Å². The molecule has 1 aliphatic rings. The summed E-state index contributed by atoms with van der Waals surface area (Å²) in [7, 11) is 1.58. The van der Waals surface area contributed by atoms with E-state index in [1.165, 1.54) is 12.1 Å². The number of nitrogens with one attached hydrogen (secondary N) is 1. The topological polar surface area (TPSA) is 58.6 Å². The molecular weight excluding hydrogens is 273 g/mol. The van der Waals surface area contributed by atoms with Gasteiger partial charge in [0.25, 0.3) is 0 Å². The number of halogens is 1. The fourth-order valence-corrected chi connectivity index (χ4v) is 2.74. The van der Waals surface area contributed by atoms with Crippen LogP contribution in [0.4, 0.5) is 4.39 Å². The molecule has 21 heavy (non-hydrogen) atoms. The Labute approximate surface area is 124 Å². The lowest BCUT2D eigenvalue weighted by Gasteiger charge is -2.34. The van der Waals surface area contributed by atoms with Crippen LogP contribution in [0.3, 0.4) is 0 Å². The number of aliphatic hydroxyl groups excluding tert-OH is 1. The first kappa shape index (κ1) is 15.9. The number of carbonyl (C=O) groups excluding carboxylic acids is 1. The lowest BCUT2D eigenvalue weighted by molar-refractivity contribution is -0.124. The van der Waals surface area contributed by atoms with E-state index in [1.54, 1.807) is 19.2 Å². The van der Waals surface area contributed by atoms with E-state index in [-0.39, 0.29) is 23.9 Å². The minimum absolute atomic E-state index is 0.0971. The third kappa shape index (κ3) is 4.51. The summed E-state index contributed by atoms with van der Waals surface area (Å²) in [6, 6.07) is 5.89. The lowest BCUT2D eigenvalue weighted by Crippen LogP contribution is -2.51. The Balaban J connectivity index is 1.80. The second-order valence-corrected chi connectivity index (χ2v) is 5.50. The van der Waals surface area contributed by atoms with Crippen LogP contribution in [0.25, 0.3) is 0 Å². The van der Waals surface area contributed by atoms with E-state index in [0.717, 1.165) is 24.8 Å². The second-order valence-electron chi connectivity index (χ2n) is 5.50. The highest BCUT2D eigenvalue weighted by Crippen LogP contribution is 2.21. The van der Waals surface area contributed by atoms with Gasteiger partial charge in [0, 0.05) is 13.5 Å². The molecule has 1 aromatic rings. The van der Waals surface area contributed by atoms with Gasteiger partial charge in [-0.15, -0.1) is 0 Å². The van der Waals surface area contributed by atoms with Gasteiger partial charge in [-0.3, -0.25) is 4.79 Å². The van der Waals surface area contributed by atoms with Gasteiger partial charge in [0.05, 0.1) is 12.1 Å². The van der Waals surface area contributed by atoms with Crippen molar-refractivity contribution in [1.82, 2.24) is 5.32 Å². The maximum absolute atomic E-state index is 12.8. The summed E-state index contributed by atoms with van der Waals surface area (Å²) < 4.78 is 18.0. The van der Waals surface area contributed by atoms with Crippen molar-refractivity contribution in [3.63, 3.8) is 0 Å². The van der Waals surface area contributed by atoms with E-state index in [0.29, 0.717) is 12.8 Å². The standard InChI is InChI=1S/C16H22FNO3/c1-21-14-4-2-3-13(16(14)20)18-15(19)10-7-11-5-8-12(17)9-6-11/h5-6,8-9,13-14,16,20H,2-4,7,10H2,1H3,(H,18,19)/t13-,14-,16-/m1/s1. The molecule has 3 atom stereocenters. The number of hydrogen-bond acceptors (Lipinski definition) is 3. The fourth-order valence-electron chi connectivity index (χ4n) is 2.74. The van der Waals surface area contributed by atoms with Crippen molar-refractivity contribution in [3.8, 4) is 0 Å². The Morgan fingerprint density at radius 1 is 1.38 bits per heavy atom.